The predicted octanol–water partition coefficient (Wildman–Crippen LogP) is 0.309. The number of hydrogen-bond acceptors (Lipinski definition) is 4. The molecular formula is C11H22N2O2S. The fraction of sp³-hybridized carbons (Fsp3) is 0.909. The van der Waals surface area contributed by atoms with Gasteiger partial charge in [-0.05, 0) is 26.1 Å². The van der Waals surface area contributed by atoms with Gasteiger partial charge in [0, 0.05) is 17.8 Å². The quantitative estimate of drug-likeness (QED) is 0.708. The van der Waals surface area contributed by atoms with Crippen molar-refractivity contribution in [3.8, 4) is 0 Å². The maximum atomic E-state index is 12.0. The molecule has 0 saturated carbocycles. The highest BCUT2D eigenvalue weighted by Gasteiger charge is 2.36. The van der Waals surface area contributed by atoms with E-state index in [0.717, 1.165) is 19.5 Å². The van der Waals surface area contributed by atoms with Gasteiger partial charge in [-0.2, -0.15) is 11.8 Å². The van der Waals surface area contributed by atoms with Gasteiger partial charge in [-0.25, -0.2) is 0 Å². The molecule has 1 aliphatic rings. The van der Waals surface area contributed by atoms with Crippen molar-refractivity contribution >= 4 is 17.7 Å². The molecule has 1 fully saturated rings. The van der Waals surface area contributed by atoms with Crippen LogP contribution in [-0.2, 0) is 4.79 Å². The van der Waals surface area contributed by atoms with E-state index in [1.807, 2.05) is 25.0 Å². The van der Waals surface area contributed by atoms with E-state index < -0.39 is 0 Å². The first-order valence-corrected chi connectivity index (χ1v) is 7.12. The van der Waals surface area contributed by atoms with Gasteiger partial charge in [0.1, 0.15) is 0 Å². The fourth-order valence-electron chi connectivity index (χ4n) is 2.17. The molecule has 94 valence electrons. The maximum Gasteiger partial charge on any atom is 0.240 e. The predicted molar refractivity (Wildman–Crippen MR) is 67.6 cm³/mol. The Morgan fingerprint density at radius 1 is 1.69 bits per heavy atom. The minimum absolute atomic E-state index is 0.0198. The van der Waals surface area contributed by atoms with Crippen LogP contribution in [-0.4, -0.2) is 59.2 Å². The lowest BCUT2D eigenvalue weighted by Crippen LogP contribution is -2.46. The number of carbonyl (C=O) groups excluding carboxylic acids is 1. The van der Waals surface area contributed by atoms with Crippen molar-refractivity contribution < 1.29 is 9.90 Å². The smallest absolute Gasteiger partial charge is 0.240 e. The number of thioether (sulfide) groups is 1. The molecule has 0 aromatic carbocycles. The van der Waals surface area contributed by atoms with Crippen molar-refractivity contribution in [2.75, 3.05) is 26.0 Å². The summed E-state index contributed by atoms with van der Waals surface area (Å²) in [5, 5.41) is 12.5. The van der Waals surface area contributed by atoms with E-state index in [1.54, 1.807) is 11.8 Å². The molecule has 5 heteroatoms. The monoisotopic (exact) mass is 246 g/mol. The number of amides is 1. The molecule has 0 bridgehead atoms. The number of aliphatic hydroxyl groups is 1. The highest BCUT2D eigenvalue weighted by molar-refractivity contribution is 7.99. The van der Waals surface area contributed by atoms with Crippen LogP contribution >= 0.6 is 11.8 Å². The molecule has 1 aliphatic heterocycles. The molecule has 0 aromatic heterocycles. The fourth-order valence-corrected chi connectivity index (χ4v) is 2.86. The lowest BCUT2D eigenvalue weighted by Gasteiger charge is -2.30. The van der Waals surface area contributed by atoms with Gasteiger partial charge in [-0.1, -0.05) is 6.92 Å². The molecule has 3 unspecified atom stereocenters. The number of carbonyl (C=O) groups is 1. The van der Waals surface area contributed by atoms with Gasteiger partial charge in [0.25, 0.3) is 0 Å². The summed E-state index contributed by atoms with van der Waals surface area (Å²) in [6.45, 7) is 5.78. The molecule has 0 radical (unpaired) electrons. The zero-order valence-corrected chi connectivity index (χ0v) is 11.1. The zero-order chi connectivity index (χ0) is 12.1. The Balaban J connectivity index is 2.58. The van der Waals surface area contributed by atoms with Gasteiger partial charge in [0.15, 0.2) is 0 Å². The summed E-state index contributed by atoms with van der Waals surface area (Å²) in [5.74, 6) is 0.182. The number of aliphatic hydroxyl groups excluding tert-OH is 1. The third-order valence-corrected chi connectivity index (χ3v) is 4.35. The van der Waals surface area contributed by atoms with Crippen LogP contribution in [0.2, 0.25) is 0 Å². The largest absolute Gasteiger partial charge is 0.395 e. The van der Waals surface area contributed by atoms with Crippen molar-refractivity contribution in [2.24, 2.45) is 0 Å². The molecule has 1 rings (SSSR count). The second-order valence-corrected chi connectivity index (χ2v) is 5.20. The summed E-state index contributed by atoms with van der Waals surface area (Å²) < 4.78 is 0. The van der Waals surface area contributed by atoms with E-state index >= 15 is 0 Å². The third-order valence-electron chi connectivity index (χ3n) is 3.20. The average molecular weight is 246 g/mol. The molecule has 2 N–H and O–H groups in total. The summed E-state index contributed by atoms with van der Waals surface area (Å²) in [6.07, 6.45) is 2.85. The van der Waals surface area contributed by atoms with Gasteiger partial charge in [-0.3, -0.25) is 4.79 Å². The molecule has 0 spiro atoms. The zero-order valence-electron chi connectivity index (χ0n) is 10.3. The van der Waals surface area contributed by atoms with Crippen LogP contribution in [0.1, 0.15) is 20.3 Å². The number of likely N-dealkylation sites (N-methyl/N-ethyl adjacent to an activating group) is 1. The summed E-state index contributed by atoms with van der Waals surface area (Å²) in [5.41, 5.74) is 0. The first kappa shape index (κ1) is 13.8. The molecule has 0 aliphatic carbocycles. The molecule has 1 saturated heterocycles. The first-order chi connectivity index (χ1) is 7.65. The molecular weight excluding hydrogens is 224 g/mol. The first-order valence-electron chi connectivity index (χ1n) is 5.83. The molecule has 0 aromatic rings. The lowest BCUT2D eigenvalue weighted by molar-refractivity contribution is -0.131. The number of rotatable bonds is 6. The van der Waals surface area contributed by atoms with Crippen molar-refractivity contribution in [3.63, 3.8) is 0 Å². The third kappa shape index (κ3) is 2.90. The van der Waals surface area contributed by atoms with Crippen molar-refractivity contribution in [3.05, 3.63) is 0 Å². The molecule has 4 nitrogen and oxygen atoms in total. The number of nitrogens with one attached hydrogen (secondary N) is 1. The van der Waals surface area contributed by atoms with Crippen LogP contribution in [0.25, 0.3) is 0 Å². The van der Waals surface area contributed by atoms with E-state index in [2.05, 4.69) is 5.32 Å². The van der Waals surface area contributed by atoms with Gasteiger partial charge >= 0.3 is 0 Å². The number of likely N-dealkylation sites (tertiary alicyclic amines) is 1. The van der Waals surface area contributed by atoms with Crippen molar-refractivity contribution in [1.29, 1.82) is 0 Å². The van der Waals surface area contributed by atoms with Crippen molar-refractivity contribution in [1.82, 2.24) is 10.2 Å². The van der Waals surface area contributed by atoms with Crippen LogP contribution in [0.3, 0.4) is 0 Å². The Morgan fingerprint density at radius 2 is 2.38 bits per heavy atom. The Kier molecular flexibility index (Phi) is 5.58. The second kappa shape index (κ2) is 6.47. The van der Waals surface area contributed by atoms with Gasteiger partial charge in [0.05, 0.1) is 12.6 Å². The Hall–Kier alpha value is -0.260. The van der Waals surface area contributed by atoms with E-state index in [4.69, 9.17) is 0 Å². The Labute approximate surface area is 102 Å². The second-order valence-electron chi connectivity index (χ2n) is 4.13. The minimum Gasteiger partial charge on any atom is -0.395 e. The molecule has 3 atom stereocenters. The van der Waals surface area contributed by atoms with E-state index in [0.29, 0.717) is 0 Å². The van der Waals surface area contributed by atoms with E-state index in [-0.39, 0.29) is 29.8 Å². The summed E-state index contributed by atoms with van der Waals surface area (Å²) >= 11 is 1.62. The van der Waals surface area contributed by atoms with Crippen LogP contribution in [0.5, 0.6) is 0 Å². The van der Waals surface area contributed by atoms with Crippen LogP contribution in [0.4, 0.5) is 0 Å². The highest BCUT2D eigenvalue weighted by Crippen LogP contribution is 2.21. The minimum atomic E-state index is -0.0198. The van der Waals surface area contributed by atoms with Crippen molar-refractivity contribution in [2.45, 2.75) is 37.6 Å². The molecule has 16 heavy (non-hydrogen) atoms. The van der Waals surface area contributed by atoms with Gasteiger partial charge in [-0.15, -0.1) is 0 Å². The van der Waals surface area contributed by atoms with Crippen LogP contribution in [0.15, 0.2) is 0 Å². The normalized spacial score (nSPS) is 24.9. The summed E-state index contributed by atoms with van der Waals surface area (Å²) in [4.78, 5) is 13.9. The highest BCUT2D eigenvalue weighted by atomic mass is 32.2. The molecule has 1 amide bonds. The lowest BCUT2D eigenvalue weighted by atomic mass is 10.2. The Morgan fingerprint density at radius 3 is 2.88 bits per heavy atom. The SMILES string of the molecule is CCNC1CCN(C(C)C(CO)SC)C1=O. The maximum absolute atomic E-state index is 12.0. The van der Waals surface area contributed by atoms with Crippen LogP contribution < -0.4 is 5.32 Å². The Bertz CT molecular complexity index is 234. The van der Waals surface area contributed by atoms with Gasteiger partial charge in [0.2, 0.25) is 5.91 Å². The summed E-state index contributed by atoms with van der Waals surface area (Å²) in [6, 6.07) is 0.0878. The average Bonchev–Trinajstić information content (AvgIpc) is 2.63. The van der Waals surface area contributed by atoms with Crippen LogP contribution in [0, 0.1) is 0 Å². The summed E-state index contributed by atoms with van der Waals surface area (Å²) in [7, 11) is 0. The number of hydrogen-bond donors (Lipinski definition) is 2. The number of nitrogens with zero attached hydrogens (tertiary/aromatic N) is 1. The standard InChI is InChI=1S/C11H22N2O2S/c1-4-12-9-5-6-13(11(9)15)8(2)10(7-14)16-3/h8-10,12,14H,4-7H2,1-3H3. The topological polar surface area (TPSA) is 52.6 Å². The van der Waals surface area contributed by atoms with Gasteiger partial charge < -0.3 is 15.3 Å². The molecule has 1 heterocycles. The van der Waals surface area contributed by atoms with E-state index in [1.165, 1.54) is 0 Å². The van der Waals surface area contributed by atoms with E-state index in [9.17, 15) is 9.90 Å².